The Morgan fingerprint density at radius 2 is 1.93 bits per heavy atom. The van der Waals surface area contributed by atoms with Crippen LogP contribution in [0.25, 0.3) is 0 Å². The lowest BCUT2D eigenvalue weighted by molar-refractivity contribution is -0.145. The minimum absolute atomic E-state index is 0.278. The van der Waals surface area contributed by atoms with E-state index in [-0.39, 0.29) is 11.4 Å². The smallest absolute Gasteiger partial charge is 0.405 e. The summed E-state index contributed by atoms with van der Waals surface area (Å²) >= 11 is 0. The average Bonchev–Trinajstić information content (AvgIpc) is 2.01. The highest BCUT2D eigenvalue weighted by Gasteiger charge is 2.60. The standard InChI is InChI=1S/C9H14N2O3/c10-6(12)8-2-1-3-9(4-8,5-8)11-7(13)14/h11H,1-5H2,(H2,10,12)(H,13,14). The topological polar surface area (TPSA) is 92.4 Å². The third kappa shape index (κ3) is 1.15. The lowest BCUT2D eigenvalue weighted by Crippen LogP contribution is -2.67. The number of hydrogen-bond acceptors (Lipinski definition) is 2. The molecule has 0 atom stereocenters. The van der Waals surface area contributed by atoms with Gasteiger partial charge in [0.05, 0.1) is 5.41 Å². The third-order valence-corrected chi connectivity index (χ3v) is 3.56. The van der Waals surface area contributed by atoms with Gasteiger partial charge in [0.2, 0.25) is 5.91 Å². The second-order valence-electron chi connectivity index (χ2n) is 4.56. The zero-order valence-electron chi connectivity index (χ0n) is 7.88. The molecule has 5 heteroatoms. The Hall–Kier alpha value is -1.26. The first kappa shape index (κ1) is 9.30. The molecule has 0 aromatic heterocycles. The molecule has 0 aromatic rings. The van der Waals surface area contributed by atoms with E-state index in [1.54, 1.807) is 0 Å². The molecule has 0 spiro atoms. The number of primary amides is 1. The van der Waals surface area contributed by atoms with Crippen LogP contribution in [0.2, 0.25) is 0 Å². The van der Waals surface area contributed by atoms with Crippen molar-refractivity contribution in [2.75, 3.05) is 0 Å². The summed E-state index contributed by atoms with van der Waals surface area (Å²) in [4.78, 5) is 21.7. The van der Waals surface area contributed by atoms with Gasteiger partial charge in [-0.05, 0) is 25.7 Å². The van der Waals surface area contributed by atoms with Crippen LogP contribution in [0.3, 0.4) is 0 Å². The van der Waals surface area contributed by atoms with Gasteiger partial charge in [-0.15, -0.1) is 0 Å². The molecule has 0 heterocycles. The molecule has 0 aromatic carbocycles. The number of nitrogens with two attached hydrogens (primary N) is 1. The maximum atomic E-state index is 11.2. The molecule has 0 saturated heterocycles. The summed E-state index contributed by atoms with van der Waals surface area (Å²) in [6.07, 6.45) is 2.68. The molecule has 3 rings (SSSR count). The number of carboxylic acid groups (broad SMARTS) is 1. The zero-order valence-corrected chi connectivity index (χ0v) is 7.88. The van der Waals surface area contributed by atoms with Gasteiger partial charge in [0.15, 0.2) is 0 Å². The normalized spacial score (nSPS) is 39.7. The number of fused-ring (bicyclic) bond motifs is 2. The maximum Gasteiger partial charge on any atom is 0.405 e. The van der Waals surface area contributed by atoms with Crippen LogP contribution in [0.1, 0.15) is 32.1 Å². The van der Waals surface area contributed by atoms with Gasteiger partial charge in [-0.25, -0.2) is 4.79 Å². The number of carbonyl (C=O) groups excluding carboxylic acids is 1. The fourth-order valence-electron chi connectivity index (χ4n) is 3.04. The molecule has 2 bridgehead atoms. The Morgan fingerprint density at radius 1 is 1.29 bits per heavy atom. The lowest BCUT2D eigenvalue weighted by Gasteiger charge is -2.58. The summed E-state index contributed by atoms with van der Waals surface area (Å²) in [7, 11) is 0. The minimum Gasteiger partial charge on any atom is -0.465 e. The highest BCUT2D eigenvalue weighted by Crippen LogP contribution is 2.57. The van der Waals surface area contributed by atoms with E-state index in [2.05, 4.69) is 5.32 Å². The van der Waals surface area contributed by atoms with Crippen LogP contribution in [0.15, 0.2) is 0 Å². The Balaban J connectivity index is 2.09. The second kappa shape index (κ2) is 2.62. The summed E-state index contributed by atoms with van der Waals surface area (Å²) in [5.74, 6) is -0.278. The summed E-state index contributed by atoms with van der Waals surface area (Å²) < 4.78 is 0. The van der Waals surface area contributed by atoms with Gasteiger partial charge in [0.25, 0.3) is 0 Å². The van der Waals surface area contributed by atoms with E-state index in [1.807, 2.05) is 0 Å². The predicted molar refractivity (Wildman–Crippen MR) is 48.6 cm³/mol. The van der Waals surface area contributed by atoms with Crippen molar-refractivity contribution in [3.8, 4) is 0 Å². The van der Waals surface area contributed by atoms with Gasteiger partial charge < -0.3 is 16.2 Å². The molecule has 0 aliphatic heterocycles. The van der Waals surface area contributed by atoms with Gasteiger partial charge in [0, 0.05) is 5.54 Å². The average molecular weight is 198 g/mol. The lowest BCUT2D eigenvalue weighted by atomic mass is 9.49. The monoisotopic (exact) mass is 198 g/mol. The van der Waals surface area contributed by atoms with Crippen LogP contribution in [0, 0.1) is 5.41 Å². The molecule has 5 nitrogen and oxygen atoms in total. The van der Waals surface area contributed by atoms with Gasteiger partial charge >= 0.3 is 6.09 Å². The van der Waals surface area contributed by atoms with Crippen LogP contribution >= 0.6 is 0 Å². The van der Waals surface area contributed by atoms with E-state index < -0.39 is 11.5 Å². The van der Waals surface area contributed by atoms with Crippen molar-refractivity contribution in [2.24, 2.45) is 11.1 Å². The molecule has 78 valence electrons. The van der Waals surface area contributed by atoms with Crippen LogP contribution in [-0.4, -0.2) is 22.6 Å². The summed E-state index contributed by atoms with van der Waals surface area (Å²) in [5.41, 5.74) is 4.54. The van der Waals surface area contributed by atoms with Gasteiger partial charge in [0.1, 0.15) is 0 Å². The molecule has 2 amide bonds. The molecule has 0 unspecified atom stereocenters. The molecule has 14 heavy (non-hydrogen) atoms. The molecule has 4 N–H and O–H groups in total. The molecular formula is C9H14N2O3. The largest absolute Gasteiger partial charge is 0.465 e. The second-order valence-corrected chi connectivity index (χ2v) is 4.56. The van der Waals surface area contributed by atoms with E-state index in [0.717, 1.165) is 19.3 Å². The predicted octanol–water partition coefficient (Wildman–Crippen LogP) is 0.442. The zero-order chi connectivity index (χ0) is 10.4. The van der Waals surface area contributed by atoms with E-state index in [0.29, 0.717) is 12.8 Å². The van der Waals surface area contributed by atoms with Crippen LogP contribution in [-0.2, 0) is 4.79 Å². The van der Waals surface area contributed by atoms with E-state index >= 15 is 0 Å². The van der Waals surface area contributed by atoms with Crippen molar-refractivity contribution < 1.29 is 14.7 Å². The highest BCUT2D eigenvalue weighted by atomic mass is 16.4. The van der Waals surface area contributed by atoms with E-state index in [1.165, 1.54) is 0 Å². The van der Waals surface area contributed by atoms with Crippen molar-refractivity contribution in [1.82, 2.24) is 5.32 Å². The molecule has 3 saturated carbocycles. The van der Waals surface area contributed by atoms with Gasteiger partial charge in [-0.3, -0.25) is 4.79 Å². The van der Waals surface area contributed by atoms with Crippen molar-refractivity contribution >= 4 is 12.0 Å². The Kier molecular flexibility index (Phi) is 1.74. The molecule has 0 radical (unpaired) electrons. The molecule has 3 aliphatic carbocycles. The third-order valence-electron chi connectivity index (χ3n) is 3.56. The molecule has 3 fully saturated rings. The SMILES string of the molecule is NC(=O)C12CCCC(NC(=O)O)(C1)C2. The molecule has 3 aliphatic rings. The van der Waals surface area contributed by atoms with Gasteiger partial charge in [-0.2, -0.15) is 0 Å². The summed E-state index contributed by atoms with van der Waals surface area (Å²) in [5, 5.41) is 11.2. The fraction of sp³-hybridized carbons (Fsp3) is 0.778. The molecular weight excluding hydrogens is 184 g/mol. The first-order chi connectivity index (χ1) is 6.48. The van der Waals surface area contributed by atoms with Gasteiger partial charge in [-0.1, -0.05) is 6.42 Å². The fourth-order valence-corrected chi connectivity index (χ4v) is 3.04. The number of carbonyl (C=O) groups is 2. The number of nitrogens with one attached hydrogen (secondary N) is 1. The summed E-state index contributed by atoms with van der Waals surface area (Å²) in [6, 6.07) is 0. The van der Waals surface area contributed by atoms with E-state index in [4.69, 9.17) is 10.8 Å². The number of amides is 2. The first-order valence-corrected chi connectivity index (χ1v) is 4.79. The highest BCUT2D eigenvalue weighted by molar-refractivity contribution is 5.83. The van der Waals surface area contributed by atoms with Crippen molar-refractivity contribution in [3.63, 3.8) is 0 Å². The Bertz CT molecular complexity index is 294. The quantitative estimate of drug-likeness (QED) is 0.601. The Labute approximate surface area is 81.7 Å². The van der Waals surface area contributed by atoms with E-state index in [9.17, 15) is 9.59 Å². The van der Waals surface area contributed by atoms with Crippen LogP contribution in [0.5, 0.6) is 0 Å². The summed E-state index contributed by atoms with van der Waals surface area (Å²) in [6.45, 7) is 0. The van der Waals surface area contributed by atoms with Crippen LogP contribution in [0.4, 0.5) is 4.79 Å². The first-order valence-electron chi connectivity index (χ1n) is 4.79. The van der Waals surface area contributed by atoms with Crippen LogP contribution < -0.4 is 11.1 Å². The van der Waals surface area contributed by atoms with Crippen molar-refractivity contribution in [3.05, 3.63) is 0 Å². The number of rotatable bonds is 2. The Morgan fingerprint density at radius 3 is 2.43 bits per heavy atom. The van der Waals surface area contributed by atoms with Crippen molar-refractivity contribution in [1.29, 1.82) is 0 Å². The maximum absolute atomic E-state index is 11.2. The van der Waals surface area contributed by atoms with Crippen molar-refractivity contribution in [2.45, 2.75) is 37.6 Å². The number of hydrogen-bond donors (Lipinski definition) is 3. The minimum atomic E-state index is -1.01.